The minimum atomic E-state index is 0.0215. The first-order chi connectivity index (χ1) is 21.6. The fourth-order valence-electron chi connectivity index (χ4n) is 7.94. The molecule has 2 aromatic carbocycles. The summed E-state index contributed by atoms with van der Waals surface area (Å²) in [5.74, 6) is 1.08. The molecule has 2 saturated heterocycles. The van der Waals surface area contributed by atoms with Gasteiger partial charge in [-0.3, -0.25) is 4.90 Å². The third-order valence-corrected chi connectivity index (χ3v) is 9.88. The highest BCUT2D eigenvalue weighted by molar-refractivity contribution is 5.83. The molecule has 0 aliphatic carbocycles. The van der Waals surface area contributed by atoms with Crippen molar-refractivity contribution in [3.63, 3.8) is 0 Å². The van der Waals surface area contributed by atoms with Crippen LogP contribution in [0.5, 0.6) is 0 Å². The molecule has 2 aliphatic rings. The first-order valence-corrected chi connectivity index (χ1v) is 17.0. The maximum absolute atomic E-state index is 9.48. The van der Waals surface area contributed by atoms with Gasteiger partial charge in [0.1, 0.15) is 5.82 Å². The molecule has 4 heterocycles. The van der Waals surface area contributed by atoms with Gasteiger partial charge in [0.25, 0.3) is 0 Å². The number of piperazine rings is 1. The zero-order chi connectivity index (χ0) is 31.6. The number of rotatable bonds is 10. The number of benzene rings is 2. The lowest BCUT2D eigenvalue weighted by Crippen LogP contribution is -2.47. The van der Waals surface area contributed by atoms with Crippen molar-refractivity contribution in [2.75, 3.05) is 63.9 Å². The smallest absolute Gasteiger partial charge is 0.166 e. The van der Waals surface area contributed by atoms with E-state index in [0.29, 0.717) is 0 Å². The molecule has 0 saturated carbocycles. The van der Waals surface area contributed by atoms with Crippen molar-refractivity contribution in [3.8, 4) is 22.4 Å². The van der Waals surface area contributed by atoms with Crippen LogP contribution in [0, 0.1) is 12.3 Å². The number of aryl methyl sites for hydroxylation is 1. The van der Waals surface area contributed by atoms with Gasteiger partial charge in [-0.1, -0.05) is 82.6 Å². The molecule has 0 atom stereocenters. The second-order valence-corrected chi connectivity index (χ2v) is 14.8. The van der Waals surface area contributed by atoms with Crippen molar-refractivity contribution in [1.29, 1.82) is 0 Å². The van der Waals surface area contributed by atoms with Crippen LogP contribution < -0.4 is 4.90 Å². The van der Waals surface area contributed by atoms with Crippen LogP contribution in [0.2, 0.25) is 0 Å². The summed E-state index contributed by atoms with van der Waals surface area (Å²) in [5, 5.41) is 14.5. The Morgan fingerprint density at radius 1 is 0.778 bits per heavy atom. The standard InChI is InChI=1S/C38H52N6O/c1-29-35(30-13-8-6-9-14-30)36-39-33(26-34(44(36)40-29)43-21-19-41(20-22-43)23-24-45)31-15-12-16-32(25-31)38(4,5)27-37(2,3)28-42-17-10-7-11-18-42/h6,8-9,12-16,25-26,45H,7,10-11,17-24,27-28H2,1-5H3. The number of β-amino-alcohol motifs (C(OH)–C–C–N with tert-alkyl or cyclic N) is 1. The maximum Gasteiger partial charge on any atom is 0.166 e. The fourth-order valence-corrected chi connectivity index (χ4v) is 7.94. The van der Waals surface area contributed by atoms with Crippen LogP contribution in [-0.4, -0.2) is 88.5 Å². The first kappa shape index (κ1) is 31.7. The number of nitrogens with zero attached hydrogens (tertiary/aromatic N) is 6. The monoisotopic (exact) mass is 608 g/mol. The highest BCUT2D eigenvalue weighted by Gasteiger charge is 2.32. The number of aliphatic hydroxyl groups is 1. The van der Waals surface area contributed by atoms with Gasteiger partial charge in [-0.25, -0.2) is 4.98 Å². The number of hydrogen-bond donors (Lipinski definition) is 1. The fraction of sp³-hybridized carbons (Fsp3) is 0.526. The molecule has 0 bridgehead atoms. The Kier molecular flexibility index (Phi) is 9.32. The molecule has 2 fully saturated rings. The van der Waals surface area contributed by atoms with Gasteiger partial charge in [-0.15, -0.1) is 0 Å². The van der Waals surface area contributed by atoms with Crippen molar-refractivity contribution in [2.24, 2.45) is 5.41 Å². The van der Waals surface area contributed by atoms with Gasteiger partial charge in [0.05, 0.1) is 18.0 Å². The molecule has 2 aromatic heterocycles. The van der Waals surface area contributed by atoms with E-state index < -0.39 is 0 Å². The van der Waals surface area contributed by atoms with E-state index in [2.05, 4.69) is 114 Å². The summed E-state index contributed by atoms with van der Waals surface area (Å²) < 4.78 is 2.06. The minimum absolute atomic E-state index is 0.0215. The van der Waals surface area contributed by atoms with Gasteiger partial charge in [0, 0.05) is 56.5 Å². The number of fused-ring (bicyclic) bond motifs is 1. The Balaban J connectivity index is 1.37. The molecule has 45 heavy (non-hydrogen) atoms. The molecular weight excluding hydrogens is 556 g/mol. The summed E-state index contributed by atoms with van der Waals surface area (Å²) in [4.78, 5) is 12.8. The predicted octanol–water partition coefficient (Wildman–Crippen LogP) is 6.67. The predicted molar refractivity (Wildman–Crippen MR) is 186 cm³/mol. The molecule has 0 unspecified atom stereocenters. The van der Waals surface area contributed by atoms with Gasteiger partial charge in [-0.2, -0.15) is 9.61 Å². The van der Waals surface area contributed by atoms with Gasteiger partial charge in [0.2, 0.25) is 0 Å². The second kappa shape index (κ2) is 13.2. The van der Waals surface area contributed by atoms with E-state index in [-0.39, 0.29) is 17.4 Å². The summed E-state index contributed by atoms with van der Waals surface area (Å²) >= 11 is 0. The molecule has 4 aromatic rings. The van der Waals surface area contributed by atoms with Crippen LogP contribution in [0.25, 0.3) is 28.0 Å². The minimum Gasteiger partial charge on any atom is -0.395 e. The topological polar surface area (TPSA) is 60.1 Å². The molecule has 0 amide bonds. The van der Waals surface area contributed by atoms with Crippen molar-refractivity contribution < 1.29 is 5.11 Å². The quantitative estimate of drug-likeness (QED) is 0.217. The van der Waals surface area contributed by atoms with E-state index in [1.165, 1.54) is 37.9 Å². The van der Waals surface area contributed by atoms with Gasteiger partial charge < -0.3 is 14.9 Å². The van der Waals surface area contributed by atoms with Crippen LogP contribution in [0.3, 0.4) is 0 Å². The van der Waals surface area contributed by atoms with Crippen LogP contribution >= 0.6 is 0 Å². The van der Waals surface area contributed by atoms with Crippen molar-refractivity contribution in [3.05, 3.63) is 71.9 Å². The van der Waals surface area contributed by atoms with Crippen molar-refractivity contribution >= 4 is 11.5 Å². The van der Waals surface area contributed by atoms with E-state index in [0.717, 1.165) is 85.2 Å². The number of likely N-dealkylation sites (tertiary alicyclic amines) is 1. The van der Waals surface area contributed by atoms with Gasteiger partial charge >= 0.3 is 0 Å². The van der Waals surface area contributed by atoms with Crippen LogP contribution in [0.4, 0.5) is 5.82 Å². The number of hydrogen-bond acceptors (Lipinski definition) is 6. The van der Waals surface area contributed by atoms with E-state index >= 15 is 0 Å². The summed E-state index contributed by atoms with van der Waals surface area (Å²) in [7, 11) is 0. The van der Waals surface area contributed by atoms with Gasteiger partial charge in [0.15, 0.2) is 5.65 Å². The molecule has 2 aliphatic heterocycles. The molecule has 7 nitrogen and oxygen atoms in total. The summed E-state index contributed by atoms with van der Waals surface area (Å²) in [6.45, 7) is 20.0. The molecule has 1 N–H and O–H groups in total. The Morgan fingerprint density at radius 2 is 1.49 bits per heavy atom. The molecular formula is C38H52N6O. The molecule has 0 radical (unpaired) electrons. The Labute approximate surface area is 269 Å². The van der Waals surface area contributed by atoms with Crippen molar-refractivity contribution in [1.82, 2.24) is 24.4 Å². The first-order valence-electron chi connectivity index (χ1n) is 17.0. The van der Waals surface area contributed by atoms with E-state index in [1.54, 1.807) is 0 Å². The van der Waals surface area contributed by atoms with Crippen molar-refractivity contribution in [2.45, 2.75) is 65.7 Å². The van der Waals surface area contributed by atoms with Crippen LogP contribution in [-0.2, 0) is 5.41 Å². The summed E-state index contributed by atoms with van der Waals surface area (Å²) in [6.07, 6.45) is 5.17. The lowest BCUT2D eigenvalue weighted by atomic mass is 9.71. The van der Waals surface area contributed by atoms with Crippen LogP contribution in [0.15, 0.2) is 60.7 Å². The largest absolute Gasteiger partial charge is 0.395 e. The number of piperidine rings is 1. The van der Waals surface area contributed by atoms with E-state index in [9.17, 15) is 5.11 Å². The highest BCUT2D eigenvalue weighted by atomic mass is 16.3. The van der Waals surface area contributed by atoms with Gasteiger partial charge in [-0.05, 0) is 67.3 Å². The average molecular weight is 609 g/mol. The van der Waals surface area contributed by atoms with E-state index in [1.807, 2.05) is 0 Å². The number of aliphatic hydroxyl groups excluding tert-OH is 1. The third-order valence-electron chi connectivity index (χ3n) is 9.88. The molecule has 0 spiro atoms. The molecule has 240 valence electrons. The van der Waals surface area contributed by atoms with E-state index in [4.69, 9.17) is 10.1 Å². The molecule has 6 rings (SSSR count). The summed E-state index contributed by atoms with van der Waals surface area (Å²) in [6, 6.07) is 21.9. The second-order valence-electron chi connectivity index (χ2n) is 14.8. The Hall–Kier alpha value is -3.26. The Bertz CT molecular complexity index is 1580. The van der Waals surface area contributed by atoms with Crippen LogP contribution in [0.1, 0.15) is 64.6 Å². The number of anilines is 1. The third kappa shape index (κ3) is 7.11. The summed E-state index contributed by atoms with van der Waals surface area (Å²) in [5.41, 5.74) is 7.85. The lowest BCUT2D eigenvalue weighted by molar-refractivity contribution is 0.128. The zero-order valence-corrected chi connectivity index (χ0v) is 28.1. The maximum atomic E-state index is 9.48. The average Bonchev–Trinajstić information content (AvgIpc) is 3.37. The molecule has 7 heteroatoms. The SMILES string of the molecule is Cc1nn2c(N3CCN(CCO)CC3)cc(-c3cccc(C(C)(C)CC(C)(C)CN4CCCCC4)c3)nc2c1-c1ccccc1. The highest BCUT2D eigenvalue weighted by Crippen LogP contribution is 2.39. The zero-order valence-electron chi connectivity index (χ0n) is 28.1. The lowest BCUT2D eigenvalue weighted by Gasteiger charge is -2.40. The normalized spacial score (nSPS) is 17.3. The Morgan fingerprint density at radius 3 is 2.20 bits per heavy atom. The number of aromatic nitrogens is 3.